The highest BCUT2D eigenvalue weighted by atomic mass is 16.7. The summed E-state index contributed by atoms with van der Waals surface area (Å²) >= 11 is 0. The van der Waals surface area contributed by atoms with E-state index in [1.54, 1.807) is 21.1 Å². The number of rotatable bonds is 7. The van der Waals surface area contributed by atoms with Crippen molar-refractivity contribution in [1.29, 1.82) is 0 Å². The van der Waals surface area contributed by atoms with E-state index in [2.05, 4.69) is 20.0 Å². The molecule has 2 aliphatic rings. The van der Waals surface area contributed by atoms with Crippen LogP contribution in [0.3, 0.4) is 0 Å². The monoisotopic (exact) mass is 470 g/mol. The van der Waals surface area contributed by atoms with Gasteiger partial charge in [0, 0.05) is 59.2 Å². The molecule has 0 atom stereocenters. The second kappa shape index (κ2) is 10.4. The molecule has 0 bridgehead atoms. The molecule has 4 rings (SSSR count). The number of aromatic nitrogens is 3. The van der Waals surface area contributed by atoms with Gasteiger partial charge in [-0.05, 0) is 24.3 Å². The summed E-state index contributed by atoms with van der Waals surface area (Å²) in [6.45, 7) is 4.63. The van der Waals surface area contributed by atoms with Crippen LogP contribution in [0.1, 0.15) is 23.3 Å². The molecule has 0 N–H and O–H groups in total. The van der Waals surface area contributed by atoms with E-state index in [9.17, 15) is 9.59 Å². The second-order valence-electron chi connectivity index (χ2n) is 8.49. The van der Waals surface area contributed by atoms with Crippen molar-refractivity contribution in [2.24, 2.45) is 12.0 Å². The van der Waals surface area contributed by atoms with Gasteiger partial charge in [0.05, 0.1) is 13.2 Å². The van der Waals surface area contributed by atoms with Crippen molar-refractivity contribution in [3.8, 4) is 17.1 Å². The standard InChI is InChI=1S/C23H30N6O5/c1-27(2)22(31)19-21(24-16-30)28(3)26-20(25-19)17-4-6-18(7-5-17)32-13-12-29-10-8-23(9-11-29)33-14-15-34-23/h4-7,16H,8-15H2,1-3H3. The second-order valence-corrected chi connectivity index (χ2v) is 8.49. The molecule has 2 saturated heterocycles. The number of nitrogens with zero attached hydrogens (tertiary/aromatic N) is 6. The number of aryl methyl sites for hydroxylation is 1. The van der Waals surface area contributed by atoms with Crippen molar-refractivity contribution in [3.63, 3.8) is 0 Å². The number of carbonyl (C=O) groups is 2. The van der Waals surface area contributed by atoms with E-state index < -0.39 is 0 Å². The Labute approximate surface area is 198 Å². The summed E-state index contributed by atoms with van der Waals surface area (Å²) in [6, 6.07) is 7.37. The van der Waals surface area contributed by atoms with E-state index in [0.29, 0.717) is 37.6 Å². The van der Waals surface area contributed by atoms with Crippen LogP contribution in [0.25, 0.3) is 11.4 Å². The van der Waals surface area contributed by atoms with Crippen molar-refractivity contribution >= 4 is 12.3 Å². The van der Waals surface area contributed by atoms with E-state index in [-0.39, 0.29) is 22.9 Å². The molecule has 11 nitrogen and oxygen atoms in total. The lowest BCUT2D eigenvalue weighted by Crippen LogP contribution is -2.46. The van der Waals surface area contributed by atoms with Gasteiger partial charge >= 0.3 is 0 Å². The topological polar surface area (TPSA) is 111 Å². The Kier molecular flexibility index (Phi) is 7.35. The molecule has 1 aromatic carbocycles. The summed E-state index contributed by atoms with van der Waals surface area (Å²) in [6.07, 6.45) is 2.14. The van der Waals surface area contributed by atoms with Gasteiger partial charge < -0.3 is 19.1 Å². The average molecular weight is 471 g/mol. The van der Waals surface area contributed by atoms with Crippen LogP contribution in [0, 0.1) is 0 Å². The number of hydrogen-bond donors (Lipinski definition) is 0. The fraction of sp³-hybridized carbons (Fsp3) is 0.522. The van der Waals surface area contributed by atoms with Crippen molar-refractivity contribution in [2.45, 2.75) is 18.6 Å². The third-order valence-electron chi connectivity index (χ3n) is 5.98. The molecule has 0 radical (unpaired) electrons. The molecule has 0 saturated carbocycles. The Morgan fingerprint density at radius 2 is 1.88 bits per heavy atom. The highest BCUT2D eigenvalue weighted by Crippen LogP contribution is 2.31. The van der Waals surface area contributed by atoms with Gasteiger partial charge in [0.25, 0.3) is 5.91 Å². The molecular weight excluding hydrogens is 440 g/mol. The minimum atomic E-state index is -0.366. The maximum Gasteiger partial charge on any atom is 0.275 e. The molecule has 2 aromatic rings. The Hall–Kier alpha value is -3.15. The zero-order chi connectivity index (χ0) is 24.1. The lowest BCUT2D eigenvalue weighted by Gasteiger charge is -2.37. The number of ether oxygens (including phenoxy) is 3. The van der Waals surface area contributed by atoms with Crippen LogP contribution in [0.5, 0.6) is 5.75 Å². The molecule has 3 heterocycles. The molecule has 34 heavy (non-hydrogen) atoms. The average Bonchev–Trinajstić information content (AvgIpc) is 3.29. The number of amides is 2. The Bertz CT molecular complexity index is 1080. The first-order valence-electron chi connectivity index (χ1n) is 11.3. The van der Waals surface area contributed by atoms with E-state index in [0.717, 1.165) is 38.2 Å². The van der Waals surface area contributed by atoms with Crippen molar-refractivity contribution < 1.29 is 23.8 Å². The van der Waals surface area contributed by atoms with Gasteiger partial charge in [0.2, 0.25) is 6.41 Å². The van der Waals surface area contributed by atoms with Gasteiger partial charge in [0.1, 0.15) is 12.4 Å². The van der Waals surface area contributed by atoms with Gasteiger partial charge in [-0.15, -0.1) is 0 Å². The van der Waals surface area contributed by atoms with Crippen LogP contribution >= 0.6 is 0 Å². The molecule has 182 valence electrons. The quantitative estimate of drug-likeness (QED) is 0.537. The van der Waals surface area contributed by atoms with Gasteiger partial charge in [-0.1, -0.05) is 0 Å². The van der Waals surface area contributed by atoms with E-state index in [1.165, 1.54) is 9.58 Å². The SMILES string of the molecule is CN(C)C(=O)c1nc(-c2ccc(OCCN3CCC4(CC3)OCCO4)cc2)nn(C)c1=NC=O. The summed E-state index contributed by atoms with van der Waals surface area (Å²) in [5, 5.41) is 4.36. The summed E-state index contributed by atoms with van der Waals surface area (Å²) in [4.78, 5) is 35.3. The summed E-state index contributed by atoms with van der Waals surface area (Å²) in [5.74, 6) is 0.362. The molecule has 2 fully saturated rings. The van der Waals surface area contributed by atoms with Crippen LogP contribution in [-0.2, 0) is 21.3 Å². The first-order valence-corrected chi connectivity index (χ1v) is 11.3. The van der Waals surface area contributed by atoms with Gasteiger partial charge in [-0.3, -0.25) is 14.5 Å². The van der Waals surface area contributed by atoms with Crippen LogP contribution < -0.4 is 10.2 Å². The number of likely N-dealkylation sites (tertiary alicyclic amines) is 1. The van der Waals surface area contributed by atoms with Crippen molar-refractivity contribution in [2.75, 3.05) is 53.6 Å². The fourth-order valence-corrected chi connectivity index (χ4v) is 4.09. The Balaban J connectivity index is 1.38. The normalized spacial score (nSPS) is 18.3. The maximum absolute atomic E-state index is 12.6. The van der Waals surface area contributed by atoms with Crippen molar-refractivity contribution in [1.82, 2.24) is 24.6 Å². The molecule has 0 unspecified atom stereocenters. The summed E-state index contributed by atoms with van der Waals surface area (Å²) < 4.78 is 18.8. The molecule has 1 spiro atoms. The lowest BCUT2D eigenvalue weighted by molar-refractivity contribution is -0.185. The Morgan fingerprint density at radius 1 is 1.21 bits per heavy atom. The summed E-state index contributed by atoms with van der Waals surface area (Å²) in [5.41, 5.74) is 0.875. The molecule has 1 aromatic heterocycles. The smallest absolute Gasteiger partial charge is 0.275 e. The van der Waals surface area contributed by atoms with E-state index >= 15 is 0 Å². The van der Waals surface area contributed by atoms with Crippen LogP contribution in [0.15, 0.2) is 29.3 Å². The molecule has 2 aliphatic heterocycles. The lowest BCUT2D eigenvalue weighted by atomic mass is 10.0. The first-order chi connectivity index (χ1) is 16.4. The third kappa shape index (κ3) is 5.32. The van der Waals surface area contributed by atoms with Gasteiger partial charge in [-0.25, -0.2) is 9.67 Å². The predicted octanol–water partition coefficient (Wildman–Crippen LogP) is 0.459. The minimum absolute atomic E-state index is 0.0571. The third-order valence-corrected chi connectivity index (χ3v) is 5.98. The van der Waals surface area contributed by atoms with E-state index in [1.807, 2.05) is 24.3 Å². The van der Waals surface area contributed by atoms with Crippen molar-refractivity contribution in [3.05, 3.63) is 35.4 Å². The minimum Gasteiger partial charge on any atom is -0.492 e. The Morgan fingerprint density at radius 3 is 2.50 bits per heavy atom. The molecule has 2 amide bonds. The number of piperidine rings is 1. The molecule has 0 aliphatic carbocycles. The zero-order valence-corrected chi connectivity index (χ0v) is 19.8. The van der Waals surface area contributed by atoms with Crippen LogP contribution in [0.4, 0.5) is 0 Å². The van der Waals surface area contributed by atoms with E-state index in [4.69, 9.17) is 14.2 Å². The zero-order valence-electron chi connectivity index (χ0n) is 19.8. The number of benzene rings is 1. The van der Waals surface area contributed by atoms with Gasteiger partial charge in [-0.2, -0.15) is 10.1 Å². The van der Waals surface area contributed by atoms with Gasteiger partial charge in [0.15, 0.2) is 22.8 Å². The first kappa shape index (κ1) is 24.0. The largest absolute Gasteiger partial charge is 0.492 e. The fourth-order valence-electron chi connectivity index (χ4n) is 4.09. The van der Waals surface area contributed by atoms with Crippen LogP contribution in [0.2, 0.25) is 0 Å². The number of hydrogen-bond acceptors (Lipinski definition) is 8. The summed E-state index contributed by atoms with van der Waals surface area (Å²) in [7, 11) is 4.84. The molecule has 11 heteroatoms. The predicted molar refractivity (Wildman–Crippen MR) is 122 cm³/mol. The number of carbonyl (C=O) groups excluding carboxylic acids is 2. The highest BCUT2D eigenvalue weighted by molar-refractivity contribution is 5.92. The maximum atomic E-state index is 12.6. The highest BCUT2D eigenvalue weighted by Gasteiger charge is 2.39. The van der Waals surface area contributed by atoms with Crippen LogP contribution in [-0.4, -0.2) is 96.2 Å². The molecular formula is C23H30N6O5.